The van der Waals surface area contributed by atoms with Gasteiger partial charge >= 0.3 is 0 Å². The zero-order valence-electron chi connectivity index (χ0n) is 9.49. The van der Waals surface area contributed by atoms with Crippen LogP contribution in [-0.4, -0.2) is 23.4 Å². The first-order chi connectivity index (χ1) is 7.36. The largest absolute Gasteiger partial charge is 0.493 e. The van der Waals surface area contributed by atoms with E-state index in [2.05, 4.69) is 22.0 Å². The molecule has 0 bridgehead atoms. The molecule has 1 N–H and O–H groups in total. The van der Waals surface area contributed by atoms with Gasteiger partial charge in [0.1, 0.15) is 0 Å². The lowest BCUT2D eigenvalue weighted by atomic mass is 10.1. The van der Waals surface area contributed by atoms with Crippen molar-refractivity contribution < 1.29 is 4.74 Å². The number of hydrogen-bond acceptors (Lipinski definition) is 3. The highest BCUT2D eigenvalue weighted by Gasteiger charge is 2.24. The molecule has 15 heavy (non-hydrogen) atoms. The number of aromatic nitrogens is 2. The summed E-state index contributed by atoms with van der Waals surface area (Å²) in [5.74, 6) is 0.919. The van der Waals surface area contributed by atoms with E-state index in [-0.39, 0.29) is 0 Å². The normalized spacial score (nSPS) is 20.8. The molecule has 1 aromatic rings. The Labute approximate surface area is 90.6 Å². The van der Waals surface area contributed by atoms with Gasteiger partial charge in [0.05, 0.1) is 25.0 Å². The summed E-state index contributed by atoms with van der Waals surface area (Å²) in [5.41, 5.74) is 1.22. The first-order valence-corrected chi connectivity index (χ1v) is 5.70. The highest BCUT2D eigenvalue weighted by molar-refractivity contribution is 5.28. The lowest BCUT2D eigenvalue weighted by molar-refractivity contribution is 0.396. The van der Waals surface area contributed by atoms with E-state index in [0.717, 1.165) is 25.3 Å². The Hall–Kier alpha value is -1.03. The molecule has 2 rings (SSSR count). The van der Waals surface area contributed by atoms with Gasteiger partial charge in [0.15, 0.2) is 5.75 Å². The van der Waals surface area contributed by atoms with E-state index in [4.69, 9.17) is 4.74 Å². The number of nitrogens with zero attached hydrogens (tertiary/aromatic N) is 2. The van der Waals surface area contributed by atoms with Gasteiger partial charge in [0.2, 0.25) is 0 Å². The number of methoxy groups -OCH3 is 1. The fourth-order valence-electron chi connectivity index (χ4n) is 2.19. The van der Waals surface area contributed by atoms with Gasteiger partial charge in [-0.15, -0.1) is 0 Å². The van der Waals surface area contributed by atoms with Crippen molar-refractivity contribution in [1.29, 1.82) is 0 Å². The zero-order valence-corrected chi connectivity index (χ0v) is 9.49. The molecule has 1 saturated heterocycles. The number of nitrogens with one attached hydrogen (secondary N) is 1. The fourth-order valence-corrected chi connectivity index (χ4v) is 2.19. The van der Waals surface area contributed by atoms with Gasteiger partial charge in [0.25, 0.3) is 0 Å². The number of rotatable bonds is 4. The van der Waals surface area contributed by atoms with Crippen LogP contribution in [0.2, 0.25) is 0 Å². The van der Waals surface area contributed by atoms with Gasteiger partial charge in [-0.2, -0.15) is 5.10 Å². The average molecular weight is 209 g/mol. The van der Waals surface area contributed by atoms with Crippen LogP contribution < -0.4 is 10.1 Å². The van der Waals surface area contributed by atoms with Crippen molar-refractivity contribution in [2.45, 2.75) is 38.8 Å². The summed E-state index contributed by atoms with van der Waals surface area (Å²) < 4.78 is 7.43. The minimum atomic E-state index is 0.425. The van der Waals surface area contributed by atoms with Crippen LogP contribution in [-0.2, 0) is 6.54 Å². The lowest BCUT2D eigenvalue weighted by Gasteiger charge is -2.14. The minimum absolute atomic E-state index is 0.425. The van der Waals surface area contributed by atoms with Crippen LogP contribution in [0.1, 0.15) is 37.9 Å². The molecule has 1 aromatic heterocycles. The van der Waals surface area contributed by atoms with E-state index in [1.807, 2.05) is 6.20 Å². The summed E-state index contributed by atoms with van der Waals surface area (Å²) in [6.07, 6.45) is 5.35. The molecule has 2 heterocycles. The van der Waals surface area contributed by atoms with E-state index in [1.165, 1.54) is 18.5 Å². The molecular weight excluding hydrogens is 190 g/mol. The molecular formula is C11H19N3O. The Balaban J connectivity index is 2.27. The Morgan fingerprint density at radius 3 is 3.13 bits per heavy atom. The van der Waals surface area contributed by atoms with E-state index < -0.39 is 0 Å². The third kappa shape index (κ3) is 2.00. The molecule has 0 aromatic carbocycles. The Morgan fingerprint density at radius 1 is 1.67 bits per heavy atom. The molecule has 0 aliphatic carbocycles. The van der Waals surface area contributed by atoms with Gasteiger partial charge in [-0.05, 0) is 25.8 Å². The van der Waals surface area contributed by atoms with Crippen molar-refractivity contribution in [2.24, 2.45) is 0 Å². The fraction of sp³-hybridized carbons (Fsp3) is 0.727. The summed E-state index contributed by atoms with van der Waals surface area (Å²) in [7, 11) is 1.71. The van der Waals surface area contributed by atoms with E-state index in [9.17, 15) is 0 Å². The molecule has 0 amide bonds. The second-order valence-corrected chi connectivity index (χ2v) is 3.97. The zero-order chi connectivity index (χ0) is 10.7. The van der Waals surface area contributed by atoms with Crippen molar-refractivity contribution in [1.82, 2.24) is 15.1 Å². The molecule has 4 heteroatoms. The van der Waals surface area contributed by atoms with Crippen LogP contribution in [0.4, 0.5) is 0 Å². The summed E-state index contributed by atoms with van der Waals surface area (Å²) in [4.78, 5) is 0. The van der Waals surface area contributed by atoms with Crippen LogP contribution in [0.15, 0.2) is 6.20 Å². The van der Waals surface area contributed by atoms with E-state index in [0.29, 0.717) is 6.04 Å². The standard InChI is InChI=1S/C11H19N3O/c1-3-7-14-11(9-5-4-6-12-9)10(15-2)8-13-14/h8-9,12H,3-7H2,1-2H3. The van der Waals surface area contributed by atoms with Crippen molar-refractivity contribution in [3.8, 4) is 5.75 Å². The molecule has 0 spiro atoms. The Bertz CT molecular complexity index is 316. The molecule has 0 radical (unpaired) electrons. The van der Waals surface area contributed by atoms with Gasteiger partial charge in [-0.25, -0.2) is 0 Å². The number of hydrogen-bond donors (Lipinski definition) is 1. The second-order valence-electron chi connectivity index (χ2n) is 3.97. The van der Waals surface area contributed by atoms with Crippen molar-refractivity contribution >= 4 is 0 Å². The van der Waals surface area contributed by atoms with E-state index >= 15 is 0 Å². The van der Waals surface area contributed by atoms with Gasteiger partial charge < -0.3 is 10.1 Å². The van der Waals surface area contributed by atoms with Crippen molar-refractivity contribution in [3.05, 3.63) is 11.9 Å². The molecule has 1 fully saturated rings. The second kappa shape index (κ2) is 4.66. The van der Waals surface area contributed by atoms with Crippen LogP contribution >= 0.6 is 0 Å². The Kier molecular flexibility index (Phi) is 3.26. The molecule has 1 aliphatic rings. The minimum Gasteiger partial charge on any atom is -0.493 e. The van der Waals surface area contributed by atoms with Gasteiger partial charge in [-0.3, -0.25) is 4.68 Å². The molecule has 84 valence electrons. The Morgan fingerprint density at radius 2 is 2.53 bits per heavy atom. The molecule has 4 nitrogen and oxygen atoms in total. The summed E-state index contributed by atoms with van der Waals surface area (Å²) in [5, 5.41) is 7.86. The van der Waals surface area contributed by atoms with Crippen LogP contribution in [0, 0.1) is 0 Å². The molecule has 1 unspecified atom stereocenters. The number of aryl methyl sites for hydroxylation is 1. The molecule has 1 aliphatic heterocycles. The SMILES string of the molecule is CCCn1ncc(OC)c1C1CCCN1. The number of ether oxygens (including phenoxy) is 1. The van der Waals surface area contributed by atoms with Crippen LogP contribution in [0.5, 0.6) is 5.75 Å². The highest BCUT2D eigenvalue weighted by Crippen LogP contribution is 2.30. The highest BCUT2D eigenvalue weighted by atomic mass is 16.5. The maximum Gasteiger partial charge on any atom is 0.161 e. The summed E-state index contributed by atoms with van der Waals surface area (Å²) in [6.45, 7) is 4.24. The lowest BCUT2D eigenvalue weighted by Crippen LogP contribution is -2.18. The third-order valence-electron chi connectivity index (χ3n) is 2.89. The van der Waals surface area contributed by atoms with Crippen LogP contribution in [0.25, 0.3) is 0 Å². The summed E-state index contributed by atoms with van der Waals surface area (Å²) >= 11 is 0. The predicted octanol–water partition coefficient (Wildman–Crippen LogP) is 1.73. The van der Waals surface area contributed by atoms with Gasteiger partial charge in [0, 0.05) is 6.54 Å². The van der Waals surface area contributed by atoms with Crippen molar-refractivity contribution in [2.75, 3.05) is 13.7 Å². The first kappa shape index (κ1) is 10.5. The predicted molar refractivity (Wildman–Crippen MR) is 59.0 cm³/mol. The average Bonchev–Trinajstić information content (AvgIpc) is 2.85. The van der Waals surface area contributed by atoms with E-state index in [1.54, 1.807) is 7.11 Å². The maximum atomic E-state index is 5.36. The summed E-state index contributed by atoms with van der Waals surface area (Å²) in [6, 6.07) is 0.425. The smallest absolute Gasteiger partial charge is 0.161 e. The van der Waals surface area contributed by atoms with Gasteiger partial charge in [-0.1, -0.05) is 6.92 Å². The molecule has 1 atom stereocenters. The maximum absolute atomic E-state index is 5.36. The van der Waals surface area contributed by atoms with Crippen molar-refractivity contribution in [3.63, 3.8) is 0 Å². The van der Waals surface area contributed by atoms with Crippen LogP contribution in [0.3, 0.4) is 0 Å². The topological polar surface area (TPSA) is 39.1 Å². The quantitative estimate of drug-likeness (QED) is 0.820. The molecule has 0 saturated carbocycles. The third-order valence-corrected chi connectivity index (χ3v) is 2.89. The first-order valence-electron chi connectivity index (χ1n) is 5.70. The monoisotopic (exact) mass is 209 g/mol.